The van der Waals surface area contributed by atoms with Crippen molar-refractivity contribution in [3.63, 3.8) is 0 Å². The first-order valence-corrected chi connectivity index (χ1v) is 6.42. The molecule has 0 saturated carbocycles. The molecule has 5 nitrogen and oxygen atoms in total. The summed E-state index contributed by atoms with van der Waals surface area (Å²) in [6, 6.07) is 8.11. The fourth-order valence-electron chi connectivity index (χ4n) is 1.91. The van der Waals surface area contributed by atoms with Gasteiger partial charge in [0.05, 0.1) is 11.8 Å². The summed E-state index contributed by atoms with van der Waals surface area (Å²) in [5.41, 5.74) is 0.872. The normalized spacial score (nSPS) is 11.4. The molecule has 0 atom stereocenters. The van der Waals surface area contributed by atoms with Gasteiger partial charge in [0.2, 0.25) is 11.4 Å². The average Bonchev–Trinajstić information content (AvgIpc) is 2.97. The zero-order chi connectivity index (χ0) is 16.4. The van der Waals surface area contributed by atoms with E-state index in [1.165, 1.54) is 42.7 Å². The molecule has 3 rings (SSSR count). The molecule has 3 aromatic rings. The monoisotopic (exact) mass is 322 g/mol. The first-order chi connectivity index (χ1) is 10.9. The zero-order valence-corrected chi connectivity index (χ0v) is 11.4. The van der Waals surface area contributed by atoms with Gasteiger partial charge >= 0.3 is 6.36 Å². The second-order valence-electron chi connectivity index (χ2n) is 4.54. The molecule has 0 bridgehead atoms. The summed E-state index contributed by atoms with van der Waals surface area (Å²) in [5, 5.41) is 0. The zero-order valence-electron chi connectivity index (χ0n) is 11.4. The van der Waals surface area contributed by atoms with E-state index in [0.29, 0.717) is 16.9 Å². The lowest BCUT2D eigenvalue weighted by molar-refractivity contribution is -0.274. The topological polar surface area (TPSA) is 68.1 Å². The quantitative estimate of drug-likeness (QED) is 0.800. The van der Waals surface area contributed by atoms with Gasteiger partial charge in [-0.15, -0.1) is 13.2 Å². The number of ether oxygens (including phenoxy) is 1. The van der Waals surface area contributed by atoms with Crippen LogP contribution in [0.15, 0.2) is 58.0 Å². The van der Waals surface area contributed by atoms with Crippen molar-refractivity contribution in [2.45, 2.75) is 6.36 Å². The highest BCUT2D eigenvalue weighted by Crippen LogP contribution is 2.28. The summed E-state index contributed by atoms with van der Waals surface area (Å²) in [6.45, 7) is 0. The van der Waals surface area contributed by atoms with E-state index >= 15 is 0 Å². The summed E-state index contributed by atoms with van der Waals surface area (Å²) in [6.07, 6.45) is -1.83. The van der Waals surface area contributed by atoms with E-state index in [1.807, 2.05) is 0 Å². The minimum absolute atomic E-state index is 0.249. The maximum Gasteiger partial charge on any atom is 0.573 e. The second kappa shape index (κ2) is 5.64. The molecule has 1 N–H and O–H groups in total. The smallest absolute Gasteiger partial charge is 0.436 e. The minimum Gasteiger partial charge on any atom is -0.436 e. The van der Waals surface area contributed by atoms with Crippen LogP contribution in [0.2, 0.25) is 0 Å². The molecule has 0 amide bonds. The number of nitrogens with one attached hydrogen (secondary N) is 1. The molecule has 2 aromatic heterocycles. The third-order valence-electron chi connectivity index (χ3n) is 2.91. The minimum atomic E-state index is -4.73. The fourth-order valence-corrected chi connectivity index (χ4v) is 1.91. The first-order valence-electron chi connectivity index (χ1n) is 6.42. The molecule has 0 aliphatic heterocycles. The molecular formula is C15H9F3N2O3. The van der Waals surface area contributed by atoms with Crippen LogP contribution in [0.4, 0.5) is 13.2 Å². The molecule has 0 saturated heterocycles. The number of hydrogen-bond acceptors (Lipinski definition) is 4. The van der Waals surface area contributed by atoms with E-state index < -0.39 is 6.36 Å². The van der Waals surface area contributed by atoms with Crippen molar-refractivity contribution in [2.75, 3.05) is 0 Å². The molecule has 8 heteroatoms. The highest BCUT2D eigenvalue weighted by atomic mass is 19.4. The van der Waals surface area contributed by atoms with Crippen LogP contribution in [-0.2, 0) is 0 Å². The van der Waals surface area contributed by atoms with E-state index in [1.54, 1.807) is 6.07 Å². The Morgan fingerprint density at radius 3 is 2.35 bits per heavy atom. The van der Waals surface area contributed by atoms with E-state index in [2.05, 4.69) is 14.7 Å². The van der Waals surface area contributed by atoms with Crippen LogP contribution in [0.1, 0.15) is 0 Å². The van der Waals surface area contributed by atoms with E-state index in [-0.39, 0.29) is 17.2 Å². The molecule has 0 radical (unpaired) electrons. The number of oxazole rings is 1. The van der Waals surface area contributed by atoms with Gasteiger partial charge in [0.1, 0.15) is 5.75 Å². The summed E-state index contributed by atoms with van der Waals surface area (Å²) in [7, 11) is 0. The standard InChI is InChI=1S/C15H9F3N2O3/c16-15(17,18)23-11-4-1-9(2-5-11)12-8-20-14(22-12)10-3-6-13(21)19-7-10/h1-8H,(H,19,21). The van der Waals surface area contributed by atoms with Gasteiger partial charge in [0.15, 0.2) is 5.76 Å². The van der Waals surface area contributed by atoms with Crippen molar-refractivity contribution < 1.29 is 22.3 Å². The Morgan fingerprint density at radius 2 is 1.74 bits per heavy atom. The molecule has 23 heavy (non-hydrogen) atoms. The van der Waals surface area contributed by atoms with Crippen molar-refractivity contribution in [3.05, 3.63) is 59.1 Å². The van der Waals surface area contributed by atoms with Gasteiger partial charge in [0, 0.05) is 17.8 Å². The third kappa shape index (κ3) is 3.60. The lowest BCUT2D eigenvalue weighted by Crippen LogP contribution is -2.16. The summed E-state index contributed by atoms with van der Waals surface area (Å²) in [4.78, 5) is 17.6. The lowest BCUT2D eigenvalue weighted by Gasteiger charge is -2.08. The Hall–Kier alpha value is -3.03. The number of nitrogens with zero attached hydrogens (tertiary/aromatic N) is 1. The van der Waals surface area contributed by atoms with Gasteiger partial charge in [-0.2, -0.15) is 0 Å². The molecule has 118 valence electrons. The number of H-pyrrole nitrogens is 1. The number of halogens is 3. The second-order valence-corrected chi connectivity index (χ2v) is 4.54. The number of hydrogen-bond donors (Lipinski definition) is 1. The summed E-state index contributed by atoms with van der Waals surface area (Å²) < 4.78 is 45.7. The third-order valence-corrected chi connectivity index (χ3v) is 2.91. The Morgan fingerprint density at radius 1 is 1.04 bits per heavy atom. The molecule has 1 aromatic carbocycles. The molecule has 0 spiro atoms. The van der Waals surface area contributed by atoms with Crippen molar-refractivity contribution >= 4 is 0 Å². The number of aromatic nitrogens is 2. The number of aromatic amines is 1. The molecular weight excluding hydrogens is 313 g/mol. The van der Waals surface area contributed by atoms with Crippen LogP contribution in [0, 0.1) is 0 Å². The Labute approximate surface area is 127 Å². The van der Waals surface area contributed by atoms with Crippen molar-refractivity contribution in [1.82, 2.24) is 9.97 Å². The van der Waals surface area contributed by atoms with E-state index in [4.69, 9.17) is 4.42 Å². The average molecular weight is 322 g/mol. The van der Waals surface area contributed by atoms with Gasteiger partial charge < -0.3 is 14.1 Å². The van der Waals surface area contributed by atoms with Crippen LogP contribution in [0.25, 0.3) is 22.8 Å². The van der Waals surface area contributed by atoms with Crippen LogP contribution < -0.4 is 10.3 Å². The molecule has 0 aliphatic rings. The van der Waals surface area contributed by atoms with Crippen LogP contribution in [0.5, 0.6) is 5.75 Å². The highest BCUT2D eigenvalue weighted by Gasteiger charge is 2.31. The molecule has 0 fully saturated rings. The summed E-state index contributed by atoms with van der Waals surface area (Å²) >= 11 is 0. The van der Waals surface area contributed by atoms with Gasteiger partial charge in [0.25, 0.3) is 0 Å². The Bertz CT molecular complexity index is 846. The highest BCUT2D eigenvalue weighted by molar-refractivity contribution is 5.61. The Balaban J connectivity index is 1.83. The number of alkyl halides is 3. The maximum atomic E-state index is 12.1. The number of benzene rings is 1. The van der Waals surface area contributed by atoms with Crippen molar-refractivity contribution in [2.24, 2.45) is 0 Å². The largest absolute Gasteiger partial charge is 0.573 e. The van der Waals surface area contributed by atoms with Crippen molar-refractivity contribution in [3.8, 4) is 28.5 Å². The van der Waals surface area contributed by atoms with Gasteiger partial charge in [-0.1, -0.05) is 0 Å². The lowest BCUT2D eigenvalue weighted by atomic mass is 10.2. The predicted molar refractivity (Wildman–Crippen MR) is 74.7 cm³/mol. The predicted octanol–water partition coefficient (Wildman–Crippen LogP) is 3.60. The van der Waals surface area contributed by atoms with Crippen LogP contribution in [0.3, 0.4) is 0 Å². The van der Waals surface area contributed by atoms with Gasteiger partial charge in [-0.05, 0) is 30.3 Å². The van der Waals surface area contributed by atoms with E-state index in [9.17, 15) is 18.0 Å². The number of rotatable bonds is 3. The maximum absolute atomic E-state index is 12.1. The van der Waals surface area contributed by atoms with Crippen molar-refractivity contribution in [1.29, 1.82) is 0 Å². The van der Waals surface area contributed by atoms with Gasteiger partial charge in [-0.3, -0.25) is 4.79 Å². The van der Waals surface area contributed by atoms with E-state index in [0.717, 1.165) is 0 Å². The first kappa shape index (κ1) is 14.9. The van der Waals surface area contributed by atoms with Gasteiger partial charge in [-0.25, -0.2) is 4.98 Å². The summed E-state index contributed by atoms with van der Waals surface area (Å²) in [5.74, 6) is 0.346. The van der Waals surface area contributed by atoms with Crippen LogP contribution >= 0.6 is 0 Å². The Kier molecular flexibility index (Phi) is 3.65. The van der Waals surface area contributed by atoms with Crippen LogP contribution in [-0.4, -0.2) is 16.3 Å². The molecule has 0 unspecified atom stereocenters. The SMILES string of the molecule is O=c1ccc(-c2ncc(-c3ccc(OC(F)(F)F)cc3)o2)c[nH]1. The number of pyridine rings is 1. The molecule has 2 heterocycles. The fraction of sp³-hybridized carbons (Fsp3) is 0.0667. The molecule has 0 aliphatic carbocycles.